The first kappa shape index (κ1) is 19.6. The molecule has 5 nitrogen and oxygen atoms in total. The summed E-state index contributed by atoms with van der Waals surface area (Å²) in [4.78, 5) is 21.7. The minimum absolute atomic E-state index is 0.187. The van der Waals surface area contributed by atoms with Gasteiger partial charge in [0.25, 0.3) is 5.91 Å². The first-order valence-corrected chi connectivity index (χ1v) is 9.87. The van der Waals surface area contributed by atoms with Gasteiger partial charge in [-0.2, -0.15) is 0 Å². The van der Waals surface area contributed by atoms with E-state index in [0.717, 1.165) is 39.1 Å². The van der Waals surface area contributed by atoms with Gasteiger partial charge in [-0.3, -0.25) is 9.78 Å². The number of rotatable bonds is 5. The third-order valence-electron chi connectivity index (χ3n) is 5.14. The molecule has 0 aliphatic carbocycles. The summed E-state index contributed by atoms with van der Waals surface area (Å²) < 4.78 is 5.83. The van der Waals surface area contributed by atoms with E-state index in [1.807, 2.05) is 80.6 Å². The summed E-state index contributed by atoms with van der Waals surface area (Å²) in [5, 5.41) is 2.94. The molecule has 1 aromatic heterocycles. The Bertz CT molecular complexity index is 1200. The number of aryl methyl sites for hydroxylation is 1. The highest BCUT2D eigenvalue weighted by Crippen LogP contribution is 2.23. The Hall–Kier alpha value is -3.73. The second-order valence-corrected chi connectivity index (χ2v) is 7.27. The number of aromatic nitrogens is 2. The summed E-state index contributed by atoms with van der Waals surface area (Å²) >= 11 is 0. The quantitative estimate of drug-likeness (QED) is 0.495. The fourth-order valence-corrected chi connectivity index (χ4v) is 3.18. The zero-order chi connectivity index (χ0) is 21.1. The third-order valence-corrected chi connectivity index (χ3v) is 5.14. The van der Waals surface area contributed by atoms with Crippen molar-refractivity contribution < 1.29 is 9.53 Å². The van der Waals surface area contributed by atoms with E-state index < -0.39 is 6.10 Å². The van der Waals surface area contributed by atoms with Crippen molar-refractivity contribution >= 4 is 22.6 Å². The minimum atomic E-state index is -0.628. The molecule has 4 rings (SSSR count). The normalized spacial score (nSPS) is 11.8. The summed E-state index contributed by atoms with van der Waals surface area (Å²) in [6, 6.07) is 21.1. The van der Waals surface area contributed by atoms with Crippen molar-refractivity contribution in [2.75, 3.05) is 5.32 Å². The molecule has 0 fully saturated rings. The first-order valence-electron chi connectivity index (χ1n) is 9.87. The van der Waals surface area contributed by atoms with E-state index in [-0.39, 0.29) is 5.91 Å². The van der Waals surface area contributed by atoms with E-state index in [1.165, 1.54) is 0 Å². The zero-order valence-electron chi connectivity index (χ0n) is 17.2. The number of nitrogens with one attached hydrogen (secondary N) is 1. The fraction of sp³-hybridized carbons (Fsp3) is 0.160. The van der Waals surface area contributed by atoms with Crippen LogP contribution in [0.3, 0.4) is 0 Å². The summed E-state index contributed by atoms with van der Waals surface area (Å²) in [6.07, 6.45) is 1.13. The van der Waals surface area contributed by atoms with E-state index in [4.69, 9.17) is 4.74 Å². The standard InChI is InChI=1S/C25H23N3O2/c1-16-7-6-10-21(17(16)2)28-25(29)18(3)30-20-13-11-19(12-14-20)24-15-26-22-8-4-5-9-23(22)27-24/h4-15,18H,1-3H3,(H,28,29). The topological polar surface area (TPSA) is 64.1 Å². The number of anilines is 1. The van der Waals surface area contributed by atoms with Gasteiger partial charge in [0.1, 0.15) is 5.75 Å². The monoisotopic (exact) mass is 397 g/mol. The average molecular weight is 397 g/mol. The van der Waals surface area contributed by atoms with Gasteiger partial charge in [0.15, 0.2) is 6.10 Å². The molecular weight excluding hydrogens is 374 g/mol. The second kappa shape index (κ2) is 8.33. The summed E-state index contributed by atoms with van der Waals surface area (Å²) in [7, 11) is 0. The Morgan fingerprint density at radius 3 is 2.43 bits per heavy atom. The molecule has 0 aliphatic heterocycles. The molecule has 0 aliphatic rings. The number of hydrogen-bond acceptors (Lipinski definition) is 4. The van der Waals surface area contributed by atoms with E-state index in [0.29, 0.717) is 5.75 Å². The maximum Gasteiger partial charge on any atom is 0.265 e. The van der Waals surface area contributed by atoms with Crippen LogP contribution in [0.15, 0.2) is 72.9 Å². The molecular formula is C25H23N3O2. The van der Waals surface area contributed by atoms with E-state index in [2.05, 4.69) is 15.3 Å². The van der Waals surface area contributed by atoms with Crippen LogP contribution in [-0.2, 0) is 4.79 Å². The van der Waals surface area contributed by atoms with Crippen LogP contribution >= 0.6 is 0 Å². The van der Waals surface area contributed by atoms with Crippen LogP contribution in [0, 0.1) is 13.8 Å². The van der Waals surface area contributed by atoms with Gasteiger partial charge in [-0.25, -0.2) is 4.98 Å². The first-order chi connectivity index (χ1) is 14.5. The second-order valence-electron chi connectivity index (χ2n) is 7.27. The molecule has 0 spiro atoms. The number of amides is 1. The van der Waals surface area contributed by atoms with Crippen molar-refractivity contribution in [3.05, 3.63) is 84.1 Å². The van der Waals surface area contributed by atoms with Crippen molar-refractivity contribution in [3.8, 4) is 17.0 Å². The molecule has 1 unspecified atom stereocenters. The van der Waals surface area contributed by atoms with Crippen LogP contribution in [0.25, 0.3) is 22.3 Å². The maximum absolute atomic E-state index is 12.5. The highest BCUT2D eigenvalue weighted by Gasteiger charge is 2.16. The highest BCUT2D eigenvalue weighted by atomic mass is 16.5. The van der Waals surface area contributed by atoms with Crippen molar-refractivity contribution in [2.24, 2.45) is 0 Å². The average Bonchev–Trinajstić information content (AvgIpc) is 2.77. The van der Waals surface area contributed by atoms with Crippen molar-refractivity contribution in [1.29, 1.82) is 0 Å². The Morgan fingerprint density at radius 1 is 0.933 bits per heavy atom. The number of nitrogens with zero attached hydrogens (tertiary/aromatic N) is 2. The Kier molecular flexibility index (Phi) is 5.44. The summed E-state index contributed by atoms with van der Waals surface area (Å²) in [5.41, 5.74) is 6.44. The van der Waals surface area contributed by atoms with Crippen molar-refractivity contribution in [3.63, 3.8) is 0 Å². The predicted molar refractivity (Wildman–Crippen MR) is 120 cm³/mol. The van der Waals surface area contributed by atoms with Gasteiger partial charge >= 0.3 is 0 Å². The number of benzene rings is 3. The number of fused-ring (bicyclic) bond motifs is 1. The molecule has 30 heavy (non-hydrogen) atoms. The lowest BCUT2D eigenvalue weighted by atomic mass is 10.1. The Morgan fingerprint density at radius 2 is 1.67 bits per heavy atom. The fourth-order valence-electron chi connectivity index (χ4n) is 3.18. The van der Waals surface area contributed by atoms with Crippen LogP contribution in [0.4, 0.5) is 5.69 Å². The maximum atomic E-state index is 12.5. The smallest absolute Gasteiger partial charge is 0.265 e. The number of ether oxygens (including phenoxy) is 1. The molecule has 1 atom stereocenters. The van der Waals surface area contributed by atoms with Crippen LogP contribution in [0.5, 0.6) is 5.75 Å². The van der Waals surface area contributed by atoms with Gasteiger partial charge < -0.3 is 10.1 Å². The Labute approximate surface area is 175 Å². The third kappa shape index (κ3) is 4.15. The van der Waals surface area contributed by atoms with Gasteiger partial charge in [-0.15, -0.1) is 0 Å². The van der Waals surface area contributed by atoms with Crippen molar-refractivity contribution in [1.82, 2.24) is 9.97 Å². The highest BCUT2D eigenvalue weighted by molar-refractivity contribution is 5.94. The molecule has 150 valence electrons. The molecule has 0 radical (unpaired) electrons. The summed E-state index contributed by atoms with van der Waals surface area (Å²) in [5.74, 6) is 0.435. The molecule has 3 aromatic carbocycles. The zero-order valence-corrected chi connectivity index (χ0v) is 17.2. The lowest BCUT2D eigenvalue weighted by Crippen LogP contribution is -2.30. The van der Waals surface area contributed by atoms with Gasteiger partial charge in [0.2, 0.25) is 0 Å². The number of hydrogen-bond donors (Lipinski definition) is 1. The van der Waals surface area contributed by atoms with Gasteiger partial charge in [0.05, 0.1) is 22.9 Å². The molecule has 4 aromatic rings. The molecule has 0 saturated carbocycles. The van der Waals surface area contributed by atoms with Crippen LogP contribution in [0.1, 0.15) is 18.1 Å². The molecule has 5 heteroatoms. The lowest BCUT2D eigenvalue weighted by Gasteiger charge is -2.16. The van der Waals surface area contributed by atoms with Crippen LogP contribution in [0.2, 0.25) is 0 Å². The van der Waals surface area contributed by atoms with Gasteiger partial charge in [-0.05, 0) is 74.4 Å². The summed E-state index contributed by atoms with van der Waals surface area (Å²) in [6.45, 7) is 5.75. The number of carbonyl (C=O) groups excluding carboxylic acids is 1. The predicted octanol–water partition coefficient (Wildman–Crippen LogP) is 5.32. The lowest BCUT2D eigenvalue weighted by molar-refractivity contribution is -0.122. The molecule has 0 saturated heterocycles. The van der Waals surface area contributed by atoms with Gasteiger partial charge in [-0.1, -0.05) is 24.3 Å². The van der Waals surface area contributed by atoms with Crippen LogP contribution < -0.4 is 10.1 Å². The van der Waals surface area contributed by atoms with E-state index in [9.17, 15) is 4.79 Å². The van der Waals surface area contributed by atoms with E-state index in [1.54, 1.807) is 13.1 Å². The minimum Gasteiger partial charge on any atom is -0.481 e. The van der Waals surface area contributed by atoms with Gasteiger partial charge in [0, 0.05) is 11.3 Å². The largest absolute Gasteiger partial charge is 0.481 e. The molecule has 0 bridgehead atoms. The Balaban J connectivity index is 1.44. The van der Waals surface area contributed by atoms with Crippen LogP contribution in [-0.4, -0.2) is 22.0 Å². The molecule has 1 N–H and O–H groups in total. The number of para-hydroxylation sites is 2. The molecule has 1 heterocycles. The SMILES string of the molecule is Cc1cccc(NC(=O)C(C)Oc2ccc(-c3cnc4ccccc4n3)cc2)c1C. The number of carbonyl (C=O) groups is 1. The molecule has 1 amide bonds. The van der Waals surface area contributed by atoms with Crippen molar-refractivity contribution in [2.45, 2.75) is 26.9 Å². The van der Waals surface area contributed by atoms with E-state index >= 15 is 0 Å².